The Hall–Kier alpha value is -2.08. The van der Waals surface area contributed by atoms with Crippen LogP contribution in [0.2, 0.25) is 5.02 Å². The Morgan fingerprint density at radius 2 is 1.71 bits per heavy atom. The van der Waals surface area contributed by atoms with Gasteiger partial charge in [0, 0.05) is 37.3 Å². The quantitative estimate of drug-likeness (QED) is 0.838. The van der Waals surface area contributed by atoms with Crippen molar-refractivity contribution in [2.45, 2.75) is 20.8 Å². The number of carbonyl (C=O) groups excluding carboxylic acids is 1. The van der Waals surface area contributed by atoms with E-state index in [1.807, 2.05) is 48.4 Å². The summed E-state index contributed by atoms with van der Waals surface area (Å²) in [7, 11) is 0. The average molecular weight is 348 g/mol. The van der Waals surface area contributed by atoms with Crippen LogP contribution < -0.4 is 4.90 Å². The predicted molar refractivity (Wildman–Crippen MR) is 94.6 cm³/mol. The van der Waals surface area contributed by atoms with E-state index in [0.29, 0.717) is 5.02 Å². The van der Waals surface area contributed by atoms with Crippen LogP contribution in [0.3, 0.4) is 0 Å². The van der Waals surface area contributed by atoms with Crippen molar-refractivity contribution in [2.24, 2.45) is 5.41 Å². The highest BCUT2D eigenvalue weighted by atomic mass is 35.5. The zero-order valence-corrected chi connectivity index (χ0v) is 15.0. The van der Waals surface area contributed by atoms with Crippen LogP contribution in [0.15, 0.2) is 30.9 Å². The van der Waals surface area contributed by atoms with Crippen molar-refractivity contribution in [1.29, 1.82) is 0 Å². The molecule has 1 amide bonds. The fourth-order valence-electron chi connectivity index (χ4n) is 2.87. The lowest BCUT2D eigenvalue weighted by Gasteiger charge is -2.39. The first-order valence-corrected chi connectivity index (χ1v) is 8.43. The van der Waals surface area contributed by atoms with Gasteiger partial charge in [-0.25, -0.2) is 0 Å². The first-order chi connectivity index (χ1) is 11.4. The molecule has 0 spiro atoms. The van der Waals surface area contributed by atoms with E-state index >= 15 is 0 Å². The molecule has 24 heavy (non-hydrogen) atoms. The Labute approximate surface area is 147 Å². The number of rotatable bonds is 2. The number of piperazine rings is 1. The second-order valence-electron chi connectivity index (χ2n) is 7.03. The molecule has 0 radical (unpaired) electrons. The van der Waals surface area contributed by atoms with Crippen molar-refractivity contribution in [3.63, 3.8) is 0 Å². The maximum absolute atomic E-state index is 12.4. The van der Waals surface area contributed by atoms with Gasteiger partial charge in [-0.2, -0.15) is 0 Å². The molecule has 1 aromatic heterocycles. The molecule has 0 unspecified atom stereocenters. The molecular formula is C17H22ClN5O. The van der Waals surface area contributed by atoms with Gasteiger partial charge in [-0.15, -0.1) is 10.2 Å². The van der Waals surface area contributed by atoms with Crippen molar-refractivity contribution in [3.05, 3.63) is 35.9 Å². The van der Waals surface area contributed by atoms with Crippen LogP contribution in [0.5, 0.6) is 0 Å². The number of aromatic nitrogens is 3. The van der Waals surface area contributed by atoms with E-state index in [9.17, 15) is 4.79 Å². The van der Waals surface area contributed by atoms with Crippen LogP contribution in [-0.2, 0) is 4.79 Å². The minimum absolute atomic E-state index is 0.205. The number of hydrogen-bond acceptors (Lipinski definition) is 4. The van der Waals surface area contributed by atoms with Crippen molar-refractivity contribution in [2.75, 3.05) is 31.1 Å². The maximum Gasteiger partial charge on any atom is 0.228 e. The first-order valence-electron chi connectivity index (χ1n) is 8.05. The van der Waals surface area contributed by atoms with Crippen molar-refractivity contribution < 1.29 is 4.79 Å². The van der Waals surface area contributed by atoms with Crippen LogP contribution in [0.1, 0.15) is 20.8 Å². The molecule has 7 heteroatoms. The van der Waals surface area contributed by atoms with E-state index in [1.165, 1.54) is 0 Å². The third-order valence-corrected chi connectivity index (χ3v) is 4.50. The molecular weight excluding hydrogens is 326 g/mol. The van der Waals surface area contributed by atoms with Gasteiger partial charge >= 0.3 is 0 Å². The Kier molecular flexibility index (Phi) is 4.49. The highest BCUT2D eigenvalue weighted by Gasteiger charge is 2.30. The van der Waals surface area contributed by atoms with E-state index in [0.717, 1.165) is 37.6 Å². The Balaban J connectivity index is 1.70. The van der Waals surface area contributed by atoms with Gasteiger partial charge in [0.15, 0.2) is 0 Å². The molecule has 0 aliphatic carbocycles. The van der Waals surface area contributed by atoms with Crippen molar-refractivity contribution in [3.8, 4) is 5.69 Å². The normalized spacial score (nSPS) is 15.7. The first kappa shape index (κ1) is 16.8. The minimum atomic E-state index is -0.333. The molecule has 1 fully saturated rings. The Morgan fingerprint density at radius 1 is 1.08 bits per heavy atom. The molecule has 1 aliphatic rings. The summed E-state index contributed by atoms with van der Waals surface area (Å²) in [6.45, 7) is 8.90. The zero-order valence-electron chi connectivity index (χ0n) is 14.2. The highest BCUT2D eigenvalue weighted by Crippen LogP contribution is 2.29. The smallest absolute Gasteiger partial charge is 0.228 e. The second kappa shape index (κ2) is 6.43. The summed E-state index contributed by atoms with van der Waals surface area (Å²) < 4.78 is 1.82. The maximum atomic E-state index is 12.4. The average Bonchev–Trinajstić information content (AvgIpc) is 3.08. The number of anilines is 1. The Bertz CT molecular complexity index is 715. The largest absolute Gasteiger partial charge is 0.367 e. The molecule has 2 aromatic rings. The van der Waals surface area contributed by atoms with Gasteiger partial charge in [0.1, 0.15) is 12.7 Å². The number of halogens is 1. The van der Waals surface area contributed by atoms with Gasteiger partial charge in [-0.3, -0.25) is 9.36 Å². The molecule has 3 rings (SSSR count). The number of amides is 1. The van der Waals surface area contributed by atoms with Gasteiger partial charge in [-0.05, 0) is 18.2 Å². The van der Waals surface area contributed by atoms with E-state index < -0.39 is 0 Å². The summed E-state index contributed by atoms with van der Waals surface area (Å²) in [5, 5.41) is 8.31. The lowest BCUT2D eigenvalue weighted by molar-refractivity contribution is -0.139. The third kappa shape index (κ3) is 3.38. The number of hydrogen-bond donors (Lipinski definition) is 0. The summed E-state index contributed by atoms with van der Waals surface area (Å²) in [5.41, 5.74) is 1.59. The third-order valence-electron chi connectivity index (χ3n) is 4.20. The lowest BCUT2D eigenvalue weighted by Crippen LogP contribution is -2.51. The van der Waals surface area contributed by atoms with Crippen molar-refractivity contribution in [1.82, 2.24) is 19.7 Å². The molecule has 0 saturated carbocycles. The molecule has 1 saturated heterocycles. The Morgan fingerprint density at radius 3 is 2.25 bits per heavy atom. The topological polar surface area (TPSA) is 54.3 Å². The molecule has 1 aromatic carbocycles. The van der Waals surface area contributed by atoms with E-state index in [2.05, 4.69) is 15.1 Å². The highest BCUT2D eigenvalue weighted by molar-refractivity contribution is 6.33. The van der Waals surface area contributed by atoms with Crippen LogP contribution in [0, 0.1) is 5.41 Å². The van der Waals surface area contributed by atoms with Crippen LogP contribution in [0.4, 0.5) is 5.69 Å². The summed E-state index contributed by atoms with van der Waals surface area (Å²) in [4.78, 5) is 16.5. The van der Waals surface area contributed by atoms with E-state index in [4.69, 9.17) is 11.6 Å². The standard InChI is InChI=1S/C17H22ClN5O/c1-17(2,3)16(24)22-8-6-21(7-9-22)15-5-4-13(10-14(15)18)23-11-19-20-12-23/h4-5,10-12H,6-9H2,1-3H3. The number of nitrogens with zero attached hydrogens (tertiary/aromatic N) is 5. The van der Waals surface area contributed by atoms with Crippen LogP contribution in [0.25, 0.3) is 5.69 Å². The molecule has 1 aliphatic heterocycles. The molecule has 6 nitrogen and oxygen atoms in total. The van der Waals surface area contributed by atoms with E-state index in [1.54, 1.807) is 12.7 Å². The second-order valence-corrected chi connectivity index (χ2v) is 7.44. The van der Waals surface area contributed by atoms with Gasteiger partial charge in [0.05, 0.1) is 10.7 Å². The van der Waals surface area contributed by atoms with Gasteiger partial charge in [0.2, 0.25) is 5.91 Å². The van der Waals surface area contributed by atoms with Gasteiger partial charge in [0.25, 0.3) is 0 Å². The van der Waals surface area contributed by atoms with Gasteiger partial charge in [-0.1, -0.05) is 32.4 Å². The minimum Gasteiger partial charge on any atom is -0.367 e. The van der Waals surface area contributed by atoms with Crippen LogP contribution >= 0.6 is 11.6 Å². The van der Waals surface area contributed by atoms with Crippen molar-refractivity contribution >= 4 is 23.2 Å². The summed E-state index contributed by atoms with van der Waals surface area (Å²) in [6.07, 6.45) is 3.28. The fraction of sp³-hybridized carbons (Fsp3) is 0.471. The summed E-state index contributed by atoms with van der Waals surface area (Å²) in [6, 6.07) is 5.92. The fourth-order valence-corrected chi connectivity index (χ4v) is 3.17. The number of benzene rings is 1. The van der Waals surface area contributed by atoms with Crippen LogP contribution in [-0.4, -0.2) is 51.8 Å². The predicted octanol–water partition coefficient (Wildman–Crippen LogP) is 2.62. The zero-order chi connectivity index (χ0) is 17.3. The molecule has 128 valence electrons. The molecule has 0 N–H and O–H groups in total. The SMILES string of the molecule is CC(C)(C)C(=O)N1CCN(c2ccc(-n3cnnc3)cc2Cl)CC1. The monoisotopic (exact) mass is 347 g/mol. The number of carbonyl (C=O) groups is 1. The molecule has 0 bridgehead atoms. The summed E-state index contributed by atoms with van der Waals surface area (Å²) in [5.74, 6) is 0.205. The molecule has 0 atom stereocenters. The van der Waals surface area contributed by atoms with Gasteiger partial charge < -0.3 is 9.80 Å². The molecule has 2 heterocycles. The lowest BCUT2D eigenvalue weighted by atomic mass is 9.94. The summed E-state index contributed by atoms with van der Waals surface area (Å²) >= 11 is 6.47. The van der Waals surface area contributed by atoms with E-state index in [-0.39, 0.29) is 11.3 Å².